The first-order valence-electron chi connectivity index (χ1n) is 8.80. The second-order valence-corrected chi connectivity index (χ2v) is 12.0. The topological polar surface area (TPSA) is 9.23 Å². The Morgan fingerprint density at radius 2 is 1.32 bits per heavy atom. The summed E-state index contributed by atoms with van der Waals surface area (Å²) < 4.78 is 32.1. The van der Waals surface area contributed by atoms with Gasteiger partial charge in [-0.1, -0.05) is 88.4 Å². The van der Waals surface area contributed by atoms with E-state index in [1.807, 2.05) is 43.3 Å². The lowest BCUT2D eigenvalue weighted by Crippen LogP contribution is -2.66. The summed E-state index contributed by atoms with van der Waals surface area (Å²) in [5.74, 6) is -0.179. The normalized spacial score (nSPS) is 13.9. The van der Waals surface area contributed by atoms with Crippen molar-refractivity contribution >= 4 is 18.7 Å². The van der Waals surface area contributed by atoms with Crippen LogP contribution in [0.2, 0.25) is 5.04 Å². The van der Waals surface area contributed by atoms with Gasteiger partial charge in [-0.25, -0.2) is 8.78 Å². The Morgan fingerprint density at radius 1 is 0.880 bits per heavy atom. The van der Waals surface area contributed by atoms with Gasteiger partial charge in [0.25, 0.3) is 8.32 Å². The van der Waals surface area contributed by atoms with Crippen molar-refractivity contribution in [3.8, 4) is 0 Å². The van der Waals surface area contributed by atoms with E-state index >= 15 is 0 Å². The maximum atomic E-state index is 12.7. The highest BCUT2D eigenvalue weighted by molar-refractivity contribution is 6.99. The van der Waals surface area contributed by atoms with Crippen LogP contribution in [-0.4, -0.2) is 21.3 Å². The molecule has 2 aromatic carbocycles. The van der Waals surface area contributed by atoms with Gasteiger partial charge in [0.15, 0.2) is 0 Å². The molecule has 0 saturated carbocycles. The predicted octanol–water partition coefficient (Wildman–Crippen LogP) is 4.85. The molecule has 1 nitrogen and oxygen atoms in total. The predicted molar refractivity (Wildman–Crippen MR) is 103 cm³/mol. The molecule has 136 valence electrons. The largest absolute Gasteiger partial charge is 0.407 e. The molecular formula is C21H28F2OSi. The third-order valence-electron chi connectivity index (χ3n) is 4.58. The van der Waals surface area contributed by atoms with E-state index < -0.39 is 14.7 Å². The van der Waals surface area contributed by atoms with Crippen LogP contribution in [0.4, 0.5) is 8.78 Å². The van der Waals surface area contributed by atoms with Gasteiger partial charge in [-0.15, -0.1) is 0 Å². The van der Waals surface area contributed by atoms with E-state index in [-0.39, 0.29) is 17.4 Å². The van der Waals surface area contributed by atoms with E-state index in [0.717, 1.165) is 0 Å². The molecule has 0 bridgehead atoms. The molecule has 0 radical (unpaired) electrons. The number of halogens is 2. The average molecular weight is 363 g/mol. The van der Waals surface area contributed by atoms with Crippen molar-refractivity contribution in [2.75, 3.05) is 6.61 Å². The van der Waals surface area contributed by atoms with Crippen molar-refractivity contribution in [3.05, 3.63) is 60.7 Å². The maximum Gasteiger partial charge on any atom is 0.261 e. The van der Waals surface area contributed by atoms with Crippen LogP contribution in [0.5, 0.6) is 0 Å². The summed E-state index contributed by atoms with van der Waals surface area (Å²) in [5, 5.41) is 2.23. The molecule has 0 fully saturated rings. The Hall–Kier alpha value is -1.52. The number of rotatable bonds is 7. The lowest BCUT2D eigenvalue weighted by molar-refractivity contribution is 0.101. The second kappa shape index (κ2) is 8.24. The third kappa shape index (κ3) is 4.56. The van der Waals surface area contributed by atoms with Gasteiger partial charge in [-0.05, 0) is 21.3 Å². The molecule has 0 N–H and O–H groups in total. The minimum atomic E-state index is -2.61. The molecule has 0 spiro atoms. The molecular weight excluding hydrogens is 334 g/mol. The fourth-order valence-corrected chi connectivity index (χ4v) is 8.09. The summed E-state index contributed by atoms with van der Waals surface area (Å²) in [5.41, 5.74) is 0. The monoisotopic (exact) mass is 362 g/mol. The molecule has 1 atom stereocenters. The van der Waals surface area contributed by atoms with E-state index in [0.29, 0.717) is 6.61 Å². The Labute approximate surface area is 151 Å². The molecule has 0 aliphatic heterocycles. The van der Waals surface area contributed by atoms with Gasteiger partial charge in [0.05, 0.1) is 0 Å². The van der Waals surface area contributed by atoms with Gasteiger partial charge in [-0.3, -0.25) is 0 Å². The first kappa shape index (κ1) is 19.8. The molecule has 1 unspecified atom stereocenters. The van der Waals surface area contributed by atoms with Crippen molar-refractivity contribution in [2.45, 2.75) is 45.6 Å². The molecule has 2 aromatic rings. The molecule has 0 aliphatic rings. The van der Waals surface area contributed by atoms with Crippen molar-refractivity contribution in [2.24, 2.45) is 5.92 Å². The fourth-order valence-electron chi connectivity index (χ4n) is 3.40. The van der Waals surface area contributed by atoms with Crippen LogP contribution in [0.3, 0.4) is 0 Å². The maximum absolute atomic E-state index is 12.7. The molecule has 0 aromatic heterocycles. The van der Waals surface area contributed by atoms with E-state index in [1.165, 1.54) is 10.4 Å². The molecule has 0 saturated heterocycles. The summed E-state index contributed by atoms with van der Waals surface area (Å²) in [6.07, 6.45) is -2.42. The van der Waals surface area contributed by atoms with Gasteiger partial charge in [0, 0.05) is 13.0 Å². The van der Waals surface area contributed by atoms with Gasteiger partial charge in [-0.2, -0.15) is 0 Å². The number of hydrogen-bond acceptors (Lipinski definition) is 1. The molecule has 0 heterocycles. The standard InChI is InChI=1S/C21H28F2OSi/c1-17(15-20(22)23)16-24-25(21(2,3)4,18-11-7-5-8-12-18)19-13-9-6-10-14-19/h5-14,17,20H,15-16H2,1-4H3. The summed E-state index contributed by atoms with van der Waals surface area (Å²) in [4.78, 5) is 0. The van der Waals surface area contributed by atoms with Crippen LogP contribution in [0.15, 0.2) is 60.7 Å². The summed E-state index contributed by atoms with van der Waals surface area (Å²) in [6.45, 7) is 8.76. The van der Waals surface area contributed by atoms with Crippen molar-refractivity contribution in [1.82, 2.24) is 0 Å². The average Bonchev–Trinajstić information content (AvgIpc) is 2.55. The fraction of sp³-hybridized carbons (Fsp3) is 0.429. The lowest BCUT2D eigenvalue weighted by atomic mass is 10.1. The SMILES string of the molecule is CC(CO[Si](c1ccccc1)(c1ccccc1)C(C)(C)C)CC(F)F. The number of hydrogen-bond donors (Lipinski definition) is 0. The molecule has 0 aliphatic carbocycles. The molecule has 4 heteroatoms. The van der Waals surface area contributed by atoms with Gasteiger partial charge >= 0.3 is 0 Å². The highest BCUT2D eigenvalue weighted by atomic mass is 28.4. The second-order valence-electron chi connectivity index (χ2n) is 7.71. The Morgan fingerprint density at radius 3 is 1.68 bits per heavy atom. The first-order valence-corrected chi connectivity index (χ1v) is 10.7. The number of alkyl halides is 2. The highest BCUT2D eigenvalue weighted by Gasteiger charge is 2.50. The van der Waals surface area contributed by atoms with Crippen LogP contribution >= 0.6 is 0 Å². The van der Waals surface area contributed by atoms with Crippen LogP contribution in [0.1, 0.15) is 34.1 Å². The number of benzene rings is 2. The smallest absolute Gasteiger partial charge is 0.261 e. The Kier molecular flexibility index (Phi) is 6.52. The minimum Gasteiger partial charge on any atom is -0.407 e. The zero-order valence-corrected chi connectivity index (χ0v) is 16.5. The van der Waals surface area contributed by atoms with Gasteiger partial charge < -0.3 is 4.43 Å². The van der Waals surface area contributed by atoms with E-state index in [9.17, 15) is 8.78 Å². The summed E-state index contributed by atoms with van der Waals surface area (Å²) in [7, 11) is -2.61. The summed E-state index contributed by atoms with van der Waals surface area (Å²) >= 11 is 0. The summed E-state index contributed by atoms with van der Waals surface area (Å²) in [6, 6.07) is 20.5. The Balaban J connectivity index is 2.49. The van der Waals surface area contributed by atoms with Crippen LogP contribution in [0, 0.1) is 5.92 Å². The third-order valence-corrected chi connectivity index (χ3v) is 9.59. The van der Waals surface area contributed by atoms with E-state index in [2.05, 4.69) is 45.0 Å². The molecule has 25 heavy (non-hydrogen) atoms. The van der Waals surface area contributed by atoms with Crippen LogP contribution in [-0.2, 0) is 4.43 Å². The zero-order valence-electron chi connectivity index (χ0n) is 15.5. The highest BCUT2D eigenvalue weighted by Crippen LogP contribution is 2.37. The van der Waals surface area contributed by atoms with Gasteiger partial charge in [0.1, 0.15) is 0 Å². The van der Waals surface area contributed by atoms with E-state index in [1.54, 1.807) is 0 Å². The van der Waals surface area contributed by atoms with Crippen molar-refractivity contribution in [1.29, 1.82) is 0 Å². The van der Waals surface area contributed by atoms with E-state index in [4.69, 9.17) is 4.43 Å². The zero-order chi connectivity index (χ0) is 18.5. The minimum absolute atomic E-state index is 0.125. The quantitative estimate of drug-likeness (QED) is 0.640. The van der Waals surface area contributed by atoms with Crippen LogP contribution < -0.4 is 10.4 Å². The van der Waals surface area contributed by atoms with Crippen molar-refractivity contribution in [3.63, 3.8) is 0 Å². The Bertz CT molecular complexity index is 598. The van der Waals surface area contributed by atoms with Gasteiger partial charge in [0.2, 0.25) is 6.43 Å². The molecule has 2 rings (SSSR count). The molecule has 0 amide bonds. The van der Waals surface area contributed by atoms with Crippen molar-refractivity contribution < 1.29 is 13.2 Å². The first-order chi connectivity index (χ1) is 11.8. The van der Waals surface area contributed by atoms with Crippen LogP contribution in [0.25, 0.3) is 0 Å². The lowest BCUT2D eigenvalue weighted by Gasteiger charge is -2.43.